The average molecular weight is 366 g/mol. The number of para-hydroxylation sites is 1. The molecule has 0 saturated heterocycles. The number of hydrogen-bond acceptors (Lipinski definition) is 5. The Hall–Kier alpha value is -3.48. The standard InChI is InChI=1S/C20H19FN4O2/c1-27-18-8-3-2-5-14(18)9-10-22-20(26)17-12-19(24-13-23-17)25-16-7-4-6-15(21)11-16/h2-8,11-13H,9-10H2,1H3,(H,22,26)(H,23,24,25). The number of anilines is 2. The number of amides is 1. The zero-order chi connectivity index (χ0) is 19.1. The molecule has 0 spiro atoms. The third-order valence-electron chi connectivity index (χ3n) is 3.87. The molecule has 3 aromatic rings. The zero-order valence-corrected chi connectivity index (χ0v) is 14.8. The van der Waals surface area contributed by atoms with E-state index in [9.17, 15) is 9.18 Å². The lowest BCUT2D eigenvalue weighted by Gasteiger charge is -2.09. The molecule has 1 aromatic heterocycles. The summed E-state index contributed by atoms with van der Waals surface area (Å²) in [6.07, 6.45) is 1.92. The normalized spacial score (nSPS) is 10.3. The molecule has 3 rings (SSSR count). The van der Waals surface area contributed by atoms with Crippen molar-refractivity contribution in [1.29, 1.82) is 0 Å². The van der Waals surface area contributed by atoms with E-state index in [4.69, 9.17) is 4.74 Å². The van der Waals surface area contributed by atoms with Crippen molar-refractivity contribution in [2.24, 2.45) is 0 Å². The summed E-state index contributed by atoms with van der Waals surface area (Å²) >= 11 is 0. The van der Waals surface area contributed by atoms with Crippen LogP contribution in [0, 0.1) is 5.82 Å². The average Bonchev–Trinajstić information content (AvgIpc) is 2.68. The van der Waals surface area contributed by atoms with E-state index in [0.29, 0.717) is 24.5 Å². The van der Waals surface area contributed by atoms with Crippen molar-refractivity contribution >= 4 is 17.4 Å². The predicted molar refractivity (Wildman–Crippen MR) is 101 cm³/mol. The summed E-state index contributed by atoms with van der Waals surface area (Å²) < 4.78 is 18.6. The number of aromatic nitrogens is 2. The van der Waals surface area contributed by atoms with Crippen molar-refractivity contribution in [2.75, 3.05) is 19.0 Å². The van der Waals surface area contributed by atoms with Crippen LogP contribution < -0.4 is 15.4 Å². The van der Waals surface area contributed by atoms with Crippen LogP contribution in [0.25, 0.3) is 0 Å². The van der Waals surface area contributed by atoms with E-state index >= 15 is 0 Å². The van der Waals surface area contributed by atoms with Crippen molar-refractivity contribution in [3.8, 4) is 5.75 Å². The van der Waals surface area contributed by atoms with Gasteiger partial charge in [-0.1, -0.05) is 24.3 Å². The lowest BCUT2D eigenvalue weighted by atomic mass is 10.1. The third kappa shape index (κ3) is 5.01. The molecule has 0 atom stereocenters. The molecule has 6 nitrogen and oxygen atoms in total. The van der Waals surface area contributed by atoms with Crippen LogP contribution in [0.5, 0.6) is 5.75 Å². The maximum atomic E-state index is 13.3. The highest BCUT2D eigenvalue weighted by Crippen LogP contribution is 2.18. The predicted octanol–water partition coefficient (Wildman–Crippen LogP) is 3.34. The highest BCUT2D eigenvalue weighted by molar-refractivity contribution is 5.92. The van der Waals surface area contributed by atoms with E-state index in [0.717, 1.165) is 11.3 Å². The van der Waals surface area contributed by atoms with Gasteiger partial charge in [-0.05, 0) is 36.2 Å². The molecular formula is C20H19FN4O2. The fraction of sp³-hybridized carbons (Fsp3) is 0.150. The number of nitrogens with zero attached hydrogens (tertiary/aromatic N) is 2. The smallest absolute Gasteiger partial charge is 0.270 e. The minimum absolute atomic E-state index is 0.226. The molecule has 7 heteroatoms. The summed E-state index contributed by atoms with van der Waals surface area (Å²) in [6, 6.07) is 15.2. The molecule has 0 saturated carbocycles. The number of methoxy groups -OCH3 is 1. The Morgan fingerprint density at radius 3 is 2.78 bits per heavy atom. The molecule has 1 heterocycles. The van der Waals surface area contributed by atoms with Crippen LogP contribution in [0.15, 0.2) is 60.9 Å². The summed E-state index contributed by atoms with van der Waals surface area (Å²) in [5, 5.41) is 5.78. The molecule has 138 valence electrons. The fourth-order valence-corrected chi connectivity index (χ4v) is 2.57. The van der Waals surface area contributed by atoms with E-state index in [-0.39, 0.29) is 17.4 Å². The Morgan fingerprint density at radius 1 is 1.11 bits per heavy atom. The van der Waals surface area contributed by atoms with Gasteiger partial charge in [0, 0.05) is 18.3 Å². The minimum Gasteiger partial charge on any atom is -0.496 e. The summed E-state index contributed by atoms with van der Waals surface area (Å²) in [7, 11) is 1.62. The molecule has 27 heavy (non-hydrogen) atoms. The van der Waals surface area contributed by atoms with Crippen LogP contribution in [0.1, 0.15) is 16.1 Å². The Balaban J connectivity index is 1.60. The largest absolute Gasteiger partial charge is 0.496 e. The lowest BCUT2D eigenvalue weighted by molar-refractivity contribution is 0.0949. The number of carbonyl (C=O) groups is 1. The highest BCUT2D eigenvalue weighted by atomic mass is 19.1. The molecule has 0 unspecified atom stereocenters. The van der Waals surface area contributed by atoms with E-state index in [1.807, 2.05) is 24.3 Å². The first-order chi connectivity index (χ1) is 13.2. The van der Waals surface area contributed by atoms with Crippen molar-refractivity contribution in [2.45, 2.75) is 6.42 Å². The summed E-state index contributed by atoms with van der Waals surface area (Å²) in [5.41, 5.74) is 1.77. The summed E-state index contributed by atoms with van der Waals surface area (Å²) in [4.78, 5) is 20.4. The number of benzene rings is 2. The quantitative estimate of drug-likeness (QED) is 0.671. The molecule has 0 aliphatic heterocycles. The Bertz CT molecular complexity index is 933. The second kappa shape index (κ2) is 8.75. The molecule has 1 amide bonds. The maximum Gasteiger partial charge on any atom is 0.270 e. The van der Waals surface area contributed by atoms with Gasteiger partial charge in [-0.15, -0.1) is 0 Å². The molecule has 2 N–H and O–H groups in total. The number of halogens is 1. The first-order valence-electron chi connectivity index (χ1n) is 8.40. The van der Waals surface area contributed by atoms with Crippen molar-refractivity contribution in [3.63, 3.8) is 0 Å². The van der Waals surface area contributed by atoms with E-state index in [2.05, 4.69) is 20.6 Å². The second-order valence-corrected chi connectivity index (χ2v) is 5.74. The van der Waals surface area contributed by atoms with Gasteiger partial charge in [0.15, 0.2) is 0 Å². The first kappa shape index (κ1) is 18.3. The van der Waals surface area contributed by atoms with E-state index in [1.165, 1.54) is 24.5 Å². The van der Waals surface area contributed by atoms with Crippen LogP contribution in [0.3, 0.4) is 0 Å². The number of carbonyl (C=O) groups excluding carboxylic acids is 1. The SMILES string of the molecule is COc1ccccc1CCNC(=O)c1cc(Nc2cccc(F)c2)ncn1. The van der Waals surface area contributed by atoms with E-state index in [1.54, 1.807) is 19.2 Å². The zero-order valence-electron chi connectivity index (χ0n) is 14.8. The molecule has 0 fully saturated rings. The number of rotatable bonds is 7. The van der Waals surface area contributed by atoms with Gasteiger partial charge in [0.2, 0.25) is 0 Å². The third-order valence-corrected chi connectivity index (χ3v) is 3.87. The van der Waals surface area contributed by atoms with Crippen LogP contribution in [-0.4, -0.2) is 29.5 Å². The van der Waals surface area contributed by atoms with Gasteiger partial charge in [0.05, 0.1) is 7.11 Å². The first-order valence-corrected chi connectivity index (χ1v) is 8.40. The minimum atomic E-state index is -0.358. The molecular weight excluding hydrogens is 347 g/mol. The van der Waals surface area contributed by atoms with Crippen LogP contribution in [0.4, 0.5) is 15.9 Å². The van der Waals surface area contributed by atoms with Gasteiger partial charge in [0.25, 0.3) is 5.91 Å². The van der Waals surface area contributed by atoms with Gasteiger partial charge >= 0.3 is 0 Å². The van der Waals surface area contributed by atoms with Crippen molar-refractivity contribution in [3.05, 3.63) is 78.0 Å². The fourth-order valence-electron chi connectivity index (χ4n) is 2.57. The van der Waals surface area contributed by atoms with Gasteiger partial charge < -0.3 is 15.4 Å². The Labute approximate surface area is 156 Å². The number of ether oxygens (including phenoxy) is 1. The topological polar surface area (TPSA) is 76.1 Å². The summed E-state index contributed by atoms with van der Waals surface area (Å²) in [5.74, 6) is 0.527. The Kier molecular flexibility index (Phi) is 5.94. The molecule has 0 aliphatic carbocycles. The van der Waals surface area contributed by atoms with Crippen LogP contribution in [-0.2, 0) is 6.42 Å². The summed E-state index contributed by atoms with van der Waals surface area (Å²) in [6.45, 7) is 0.440. The monoisotopic (exact) mass is 366 g/mol. The van der Waals surface area contributed by atoms with Crippen LogP contribution >= 0.6 is 0 Å². The second-order valence-electron chi connectivity index (χ2n) is 5.74. The highest BCUT2D eigenvalue weighted by Gasteiger charge is 2.09. The van der Waals surface area contributed by atoms with Gasteiger partial charge in [-0.25, -0.2) is 14.4 Å². The van der Waals surface area contributed by atoms with Gasteiger partial charge in [-0.3, -0.25) is 4.79 Å². The number of nitrogens with one attached hydrogen (secondary N) is 2. The molecule has 2 aromatic carbocycles. The molecule has 0 aliphatic rings. The molecule has 0 radical (unpaired) electrons. The lowest BCUT2D eigenvalue weighted by Crippen LogP contribution is -2.26. The maximum absolute atomic E-state index is 13.3. The van der Waals surface area contributed by atoms with Crippen molar-refractivity contribution < 1.29 is 13.9 Å². The number of hydrogen-bond donors (Lipinski definition) is 2. The Morgan fingerprint density at radius 2 is 1.96 bits per heavy atom. The van der Waals surface area contributed by atoms with Crippen LogP contribution in [0.2, 0.25) is 0 Å². The van der Waals surface area contributed by atoms with Crippen molar-refractivity contribution in [1.82, 2.24) is 15.3 Å². The van der Waals surface area contributed by atoms with Gasteiger partial charge in [0.1, 0.15) is 29.4 Å². The van der Waals surface area contributed by atoms with Gasteiger partial charge in [-0.2, -0.15) is 0 Å². The van der Waals surface area contributed by atoms with E-state index < -0.39 is 0 Å². The molecule has 0 bridgehead atoms.